The van der Waals surface area contributed by atoms with Gasteiger partial charge in [0.15, 0.2) is 0 Å². The van der Waals surface area contributed by atoms with Crippen molar-refractivity contribution in [1.82, 2.24) is 0 Å². The Morgan fingerprint density at radius 3 is 1.17 bits per heavy atom. The van der Waals surface area contributed by atoms with Gasteiger partial charge in [0.1, 0.15) is 0 Å². The summed E-state index contributed by atoms with van der Waals surface area (Å²) in [6, 6.07) is 16.5. The van der Waals surface area contributed by atoms with Crippen LogP contribution in [0.2, 0.25) is 0 Å². The number of hydrogen-bond donors (Lipinski definition) is 2. The third-order valence-corrected chi connectivity index (χ3v) is 3.12. The maximum atomic E-state index is 5.57. The largest absolute Gasteiger partial charge is 0.326 e. The molecule has 134 valence electrons. The zero-order chi connectivity index (χ0) is 18.2. The van der Waals surface area contributed by atoms with Crippen LogP contribution >= 0.6 is 0 Å². The highest BCUT2D eigenvalue weighted by Gasteiger charge is 1.89. The molecule has 4 N–H and O–H groups in total. The van der Waals surface area contributed by atoms with Gasteiger partial charge in [-0.25, -0.2) is 0 Å². The topological polar surface area (TPSA) is 52.0 Å². The van der Waals surface area contributed by atoms with Gasteiger partial charge < -0.3 is 11.5 Å². The van der Waals surface area contributed by atoms with Crippen LogP contribution in [0.15, 0.2) is 60.7 Å². The second-order valence-corrected chi connectivity index (χ2v) is 4.61. The second-order valence-electron chi connectivity index (χ2n) is 4.61. The Kier molecular flexibility index (Phi) is 13.1. The van der Waals surface area contributed by atoms with Crippen LogP contribution in [0.3, 0.4) is 0 Å². The molecular weight excluding hydrogens is 292 g/mol. The van der Waals surface area contributed by atoms with Crippen molar-refractivity contribution in [3.8, 4) is 0 Å². The average molecular weight is 329 g/mol. The van der Waals surface area contributed by atoms with Crippen LogP contribution in [0, 0.1) is 0 Å². The van der Waals surface area contributed by atoms with Crippen molar-refractivity contribution in [3.63, 3.8) is 0 Å². The summed E-state index contributed by atoms with van der Waals surface area (Å²) in [6.07, 6.45) is 8.22. The Balaban J connectivity index is -0.000000824. The van der Waals surface area contributed by atoms with E-state index >= 15 is 0 Å². The SMILES string of the molecule is CC.CC.NCc1ccc(/C=C/C=C/c2ccc(CN)cc2)cc1.[HH].[HH]. The lowest BCUT2D eigenvalue weighted by Crippen LogP contribution is -1.95. The third-order valence-electron chi connectivity index (χ3n) is 3.12. The Morgan fingerprint density at radius 1 is 0.625 bits per heavy atom. The van der Waals surface area contributed by atoms with Gasteiger partial charge in [0.2, 0.25) is 0 Å². The van der Waals surface area contributed by atoms with Crippen molar-refractivity contribution in [2.24, 2.45) is 11.5 Å². The summed E-state index contributed by atoms with van der Waals surface area (Å²) in [5.74, 6) is 0. The molecule has 0 bridgehead atoms. The fourth-order valence-corrected chi connectivity index (χ4v) is 1.86. The lowest BCUT2D eigenvalue weighted by atomic mass is 10.1. The first-order chi connectivity index (χ1) is 11.8. The number of nitrogens with two attached hydrogens (primary N) is 2. The summed E-state index contributed by atoms with van der Waals surface area (Å²) >= 11 is 0. The van der Waals surface area contributed by atoms with Gasteiger partial charge in [-0.15, -0.1) is 0 Å². The molecule has 2 rings (SSSR count). The smallest absolute Gasteiger partial charge is 0.0178 e. The van der Waals surface area contributed by atoms with E-state index in [1.165, 1.54) is 11.1 Å². The summed E-state index contributed by atoms with van der Waals surface area (Å²) in [5, 5.41) is 0. The number of benzene rings is 2. The Hall–Kier alpha value is -2.16. The molecule has 0 aliphatic carbocycles. The second kappa shape index (κ2) is 14.4. The molecule has 0 amide bonds. The van der Waals surface area contributed by atoms with Crippen LogP contribution in [0.4, 0.5) is 0 Å². The third kappa shape index (κ3) is 8.47. The monoisotopic (exact) mass is 328 g/mol. The molecule has 0 fully saturated rings. The van der Waals surface area contributed by atoms with Gasteiger partial charge in [0, 0.05) is 15.9 Å². The van der Waals surface area contributed by atoms with Crippen molar-refractivity contribution in [3.05, 3.63) is 82.9 Å². The Bertz CT molecular complexity index is 533. The summed E-state index contributed by atoms with van der Waals surface area (Å²) < 4.78 is 0. The van der Waals surface area contributed by atoms with E-state index in [2.05, 4.69) is 60.7 Å². The lowest BCUT2D eigenvalue weighted by Gasteiger charge is -1.97. The highest BCUT2D eigenvalue weighted by molar-refractivity contribution is 5.57. The van der Waals surface area contributed by atoms with E-state index in [-0.39, 0.29) is 2.85 Å². The molecule has 0 spiro atoms. The van der Waals surface area contributed by atoms with Gasteiger partial charge in [0.05, 0.1) is 0 Å². The van der Waals surface area contributed by atoms with E-state index in [1.807, 2.05) is 39.8 Å². The molecule has 0 unspecified atom stereocenters. The standard InChI is InChI=1S/C18H20N2.2C2H6.2H2/c19-13-17-9-5-15(6-10-17)3-1-2-4-16-7-11-18(14-20)12-8-16;2*1-2;;/h1-12H,13-14,19-20H2;2*1-2H3;2*1H/b3-1+,4-2+;;;;. The molecule has 24 heavy (non-hydrogen) atoms. The minimum absolute atomic E-state index is 0. The summed E-state index contributed by atoms with van der Waals surface area (Å²) in [5.41, 5.74) is 15.8. The maximum absolute atomic E-state index is 5.57. The van der Waals surface area contributed by atoms with Gasteiger partial charge in [-0.3, -0.25) is 0 Å². The number of hydrogen-bond acceptors (Lipinski definition) is 2. The van der Waals surface area contributed by atoms with E-state index in [9.17, 15) is 0 Å². The zero-order valence-electron chi connectivity index (χ0n) is 15.5. The molecule has 0 saturated carbocycles. The van der Waals surface area contributed by atoms with Crippen molar-refractivity contribution < 1.29 is 2.85 Å². The molecule has 2 nitrogen and oxygen atoms in total. The van der Waals surface area contributed by atoms with Crippen LogP contribution in [0.1, 0.15) is 52.8 Å². The molecule has 2 aromatic rings. The van der Waals surface area contributed by atoms with Crippen LogP contribution in [-0.2, 0) is 13.1 Å². The van der Waals surface area contributed by atoms with Crippen LogP contribution < -0.4 is 11.5 Å². The van der Waals surface area contributed by atoms with Gasteiger partial charge in [-0.2, -0.15) is 0 Å². The summed E-state index contributed by atoms with van der Waals surface area (Å²) in [6.45, 7) is 9.17. The minimum Gasteiger partial charge on any atom is -0.326 e. The first-order valence-corrected chi connectivity index (χ1v) is 8.74. The van der Waals surface area contributed by atoms with E-state index < -0.39 is 0 Å². The predicted octanol–water partition coefficient (Wildman–Crippen LogP) is 5.88. The molecule has 0 aromatic heterocycles. The van der Waals surface area contributed by atoms with E-state index in [0.29, 0.717) is 13.1 Å². The summed E-state index contributed by atoms with van der Waals surface area (Å²) in [4.78, 5) is 0. The van der Waals surface area contributed by atoms with Crippen molar-refractivity contribution in [2.45, 2.75) is 40.8 Å². The molecule has 0 radical (unpaired) electrons. The van der Waals surface area contributed by atoms with Gasteiger partial charge in [0.25, 0.3) is 0 Å². The Labute approximate surface area is 150 Å². The minimum atomic E-state index is 0. The fraction of sp³-hybridized carbons (Fsp3) is 0.273. The first kappa shape index (κ1) is 21.8. The molecule has 0 heterocycles. The van der Waals surface area contributed by atoms with E-state index in [0.717, 1.165) is 11.1 Å². The maximum Gasteiger partial charge on any atom is 0.0178 e. The zero-order valence-corrected chi connectivity index (χ0v) is 15.5. The highest BCUT2D eigenvalue weighted by Crippen LogP contribution is 2.08. The summed E-state index contributed by atoms with van der Waals surface area (Å²) in [7, 11) is 0. The number of allylic oxidation sites excluding steroid dienone is 2. The molecule has 0 atom stereocenters. The normalized spacial score (nSPS) is 10.1. The van der Waals surface area contributed by atoms with Crippen molar-refractivity contribution in [2.75, 3.05) is 0 Å². The molecule has 2 aromatic carbocycles. The quantitative estimate of drug-likeness (QED) is 0.674. The molecule has 0 saturated heterocycles. The van der Waals surface area contributed by atoms with Crippen LogP contribution in [0.25, 0.3) is 12.2 Å². The first-order valence-electron chi connectivity index (χ1n) is 8.74. The molecular formula is C22H36N2. The van der Waals surface area contributed by atoms with E-state index in [1.54, 1.807) is 0 Å². The highest BCUT2D eigenvalue weighted by atomic mass is 14.5. The van der Waals surface area contributed by atoms with Gasteiger partial charge in [-0.1, -0.05) is 101 Å². The molecule has 0 aliphatic heterocycles. The van der Waals surface area contributed by atoms with Crippen LogP contribution in [0.5, 0.6) is 0 Å². The fourth-order valence-electron chi connectivity index (χ4n) is 1.86. The lowest BCUT2D eigenvalue weighted by molar-refractivity contribution is 1.07. The van der Waals surface area contributed by atoms with E-state index in [4.69, 9.17) is 11.5 Å². The molecule has 2 heteroatoms. The molecule has 0 aliphatic rings. The van der Waals surface area contributed by atoms with Gasteiger partial charge >= 0.3 is 0 Å². The van der Waals surface area contributed by atoms with Crippen molar-refractivity contribution >= 4 is 12.2 Å². The van der Waals surface area contributed by atoms with Gasteiger partial charge in [-0.05, 0) is 22.3 Å². The number of rotatable bonds is 5. The Morgan fingerprint density at radius 2 is 0.917 bits per heavy atom. The average Bonchev–Trinajstić information content (AvgIpc) is 2.69. The van der Waals surface area contributed by atoms with Crippen LogP contribution in [-0.4, -0.2) is 0 Å². The predicted molar refractivity (Wildman–Crippen MR) is 114 cm³/mol. The van der Waals surface area contributed by atoms with Crippen molar-refractivity contribution in [1.29, 1.82) is 0 Å².